The van der Waals surface area contributed by atoms with E-state index in [9.17, 15) is 19.5 Å². The van der Waals surface area contributed by atoms with Gasteiger partial charge < -0.3 is 34.0 Å². The summed E-state index contributed by atoms with van der Waals surface area (Å²) < 4.78 is 24.7. The fourth-order valence-corrected chi connectivity index (χ4v) is 8.56. The molecule has 1 saturated carbocycles. The first-order valence-corrected chi connectivity index (χ1v) is 20.5. The Morgan fingerprint density at radius 1 is 0.949 bits per heavy atom. The Kier molecular flexibility index (Phi) is 11.4. The van der Waals surface area contributed by atoms with Crippen LogP contribution >= 0.6 is 0 Å². The standard InChI is InChI=1S/C47H50N4O8/c1-5-30-8-14-36(15-9-30)58-37-16-12-33(13-17-37)43-26-56-41-22-34-21-40(51(25-35(34)23-42(41)59-43)46(53)44-28(3)57-29(4)49-44)45(52)50-39(47(54)55)20-31-6-10-32(11-7-31)38-18-19-48-24-27(38)2/h6-7,10-13,16-19,22-24,30,36,39-40,43H,5,8-9,14-15,20-21,25-26H2,1-4H3,(H,50,52)(H,54,55)/t30-,36+,39-,40-,43+/m0/s1. The molecular weight excluding hydrogens is 749 g/mol. The van der Waals surface area contributed by atoms with Crippen LogP contribution in [0.2, 0.25) is 0 Å². The van der Waals surface area contributed by atoms with Crippen LogP contribution in [0.3, 0.4) is 0 Å². The van der Waals surface area contributed by atoms with Gasteiger partial charge in [0.1, 0.15) is 30.2 Å². The highest BCUT2D eigenvalue weighted by Gasteiger charge is 2.39. The Morgan fingerprint density at radius 3 is 2.37 bits per heavy atom. The van der Waals surface area contributed by atoms with Gasteiger partial charge in [-0.15, -0.1) is 0 Å². The summed E-state index contributed by atoms with van der Waals surface area (Å²) in [5, 5.41) is 13.0. The molecule has 8 rings (SSSR count). The van der Waals surface area contributed by atoms with E-state index < -0.39 is 29.9 Å². The number of carboxylic acid groups (broad SMARTS) is 1. The number of oxazole rings is 1. The monoisotopic (exact) mass is 798 g/mol. The van der Waals surface area contributed by atoms with E-state index in [2.05, 4.69) is 22.2 Å². The second-order valence-electron chi connectivity index (χ2n) is 16.0. The number of ether oxygens (including phenoxy) is 3. The number of pyridine rings is 1. The third-order valence-corrected chi connectivity index (χ3v) is 12.0. The van der Waals surface area contributed by atoms with Gasteiger partial charge in [0.25, 0.3) is 5.91 Å². The molecule has 1 aliphatic carbocycles. The van der Waals surface area contributed by atoms with Crippen LogP contribution in [0, 0.1) is 26.7 Å². The lowest BCUT2D eigenvalue weighted by molar-refractivity contribution is -0.142. The molecular formula is C47H50N4O8. The van der Waals surface area contributed by atoms with E-state index in [-0.39, 0.29) is 43.9 Å². The fourth-order valence-electron chi connectivity index (χ4n) is 8.56. The minimum atomic E-state index is -1.25. The Bertz CT molecular complexity index is 2330. The number of aliphatic carboxylic acids is 1. The van der Waals surface area contributed by atoms with Crippen LogP contribution in [0.25, 0.3) is 11.1 Å². The summed E-state index contributed by atoms with van der Waals surface area (Å²) in [6.45, 7) is 7.89. The highest BCUT2D eigenvalue weighted by molar-refractivity contribution is 5.98. The summed E-state index contributed by atoms with van der Waals surface area (Å²) in [7, 11) is 0. The number of aryl methyl sites for hydroxylation is 3. The van der Waals surface area contributed by atoms with Gasteiger partial charge in [0.05, 0.1) is 6.10 Å². The number of carbonyl (C=O) groups is 3. The molecule has 0 saturated heterocycles. The topological polar surface area (TPSA) is 153 Å². The molecule has 0 bridgehead atoms. The number of carbonyl (C=O) groups excluding carboxylic acids is 2. The third kappa shape index (κ3) is 8.67. The van der Waals surface area contributed by atoms with Gasteiger partial charge >= 0.3 is 5.97 Å². The maximum absolute atomic E-state index is 14.2. The van der Waals surface area contributed by atoms with Crippen molar-refractivity contribution < 1.29 is 38.1 Å². The highest BCUT2D eigenvalue weighted by atomic mass is 16.6. The van der Waals surface area contributed by atoms with Crippen LogP contribution < -0.4 is 19.5 Å². The minimum absolute atomic E-state index is 0.0467. The van der Waals surface area contributed by atoms with Crippen molar-refractivity contribution in [2.24, 2.45) is 5.92 Å². The molecule has 12 nitrogen and oxygen atoms in total. The molecule has 5 aromatic rings. The van der Waals surface area contributed by atoms with Gasteiger partial charge in [-0.2, -0.15) is 0 Å². The van der Waals surface area contributed by atoms with Gasteiger partial charge in [-0.05, 0) is 115 Å². The zero-order valence-corrected chi connectivity index (χ0v) is 33.9. The second kappa shape index (κ2) is 17.0. The summed E-state index contributed by atoms with van der Waals surface area (Å²) in [5.41, 5.74) is 6.40. The Labute approximate surface area is 343 Å². The van der Waals surface area contributed by atoms with Gasteiger partial charge in [0, 0.05) is 38.7 Å². The van der Waals surface area contributed by atoms with Crippen molar-refractivity contribution in [2.45, 2.75) is 103 Å². The smallest absolute Gasteiger partial charge is 0.326 e. The van der Waals surface area contributed by atoms with E-state index >= 15 is 0 Å². The maximum Gasteiger partial charge on any atom is 0.326 e. The Morgan fingerprint density at radius 2 is 1.69 bits per heavy atom. The average molecular weight is 799 g/mol. The zero-order chi connectivity index (χ0) is 41.2. The van der Waals surface area contributed by atoms with E-state index in [1.807, 2.05) is 73.7 Å². The predicted octanol–water partition coefficient (Wildman–Crippen LogP) is 7.90. The number of fused-ring (bicyclic) bond motifs is 2. The van der Waals surface area contributed by atoms with Crippen LogP contribution in [0.15, 0.2) is 83.5 Å². The first kappa shape index (κ1) is 39.6. The number of rotatable bonds is 11. The van der Waals surface area contributed by atoms with Crippen molar-refractivity contribution in [3.8, 4) is 28.4 Å². The van der Waals surface area contributed by atoms with Gasteiger partial charge in [-0.3, -0.25) is 14.6 Å². The maximum atomic E-state index is 14.2. The molecule has 2 N–H and O–H groups in total. The molecule has 0 radical (unpaired) electrons. The van der Waals surface area contributed by atoms with Crippen LogP contribution in [0.5, 0.6) is 17.2 Å². The summed E-state index contributed by atoms with van der Waals surface area (Å²) in [4.78, 5) is 50.9. The predicted molar refractivity (Wildman–Crippen MR) is 219 cm³/mol. The van der Waals surface area contributed by atoms with Gasteiger partial charge in [-0.1, -0.05) is 49.7 Å². The number of benzene rings is 3. The normalized spacial score (nSPS) is 20.3. The molecule has 2 amide bonds. The van der Waals surface area contributed by atoms with Crippen molar-refractivity contribution in [3.05, 3.63) is 124 Å². The van der Waals surface area contributed by atoms with E-state index in [0.717, 1.165) is 63.5 Å². The van der Waals surface area contributed by atoms with E-state index in [4.69, 9.17) is 18.6 Å². The number of carboxylic acids is 1. The Balaban J connectivity index is 0.991. The van der Waals surface area contributed by atoms with E-state index in [1.165, 1.54) is 24.2 Å². The molecule has 2 aromatic heterocycles. The summed E-state index contributed by atoms with van der Waals surface area (Å²) in [6, 6.07) is 19.0. The third-order valence-electron chi connectivity index (χ3n) is 12.0. The minimum Gasteiger partial charge on any atom is -0.490 e. The van der Waals surface area contributed by atoms with Crippen molar-refractivity contribution in [3.63, 3.8) is 0 Å². The number of nitrogens with one attached hydrogen (secondary N) is 1. The average Bonchev–Trinajstić information content (AvgIpc) is 3.59. The molecule has 59 heavy (non-hydrogen) atoms. The molecule has 2 aliphatic heterocycles. The summed E-state index contributed by atoms with van der Waals surface area (Å²) in [5.74, 6) is 1.12. The molecule has 3 aromatic carbocycles. The summed E-state index contributed by atoms with van der Waals surface area (Å²) >= 11 is 0. The fraction of sp³-hybridized carbons (Fsp3) is 0.383. The van der Waals surface area contributed by atoms with Gasteiger partial charge in [0.15, 0.2) is 29.2 Å². The number of nitrogens with zero attached hydrogens (tertiary/aromatic N) is 3. The van der Waals surface area contributed by atoms with Crippen LogP contribution in [0.4, 0.5) is 0 Å². The lowest BCUT2D eigenvalue weighted by atomic mass is 9.86. The molecule has 3 atom stereocenters. The van der Waals surface area contributed by atoms with Crippen LogP contribution in [-0.2, 0) is 29.0 Å². The number of aromatic nitrogens is 2. The number of hydrogen-bond acceptors (Lipinski definition) is 9. The van der Waals surface area contributed by atoms with Gasteiger partial charge in [0.2, 0.25) is 5.91 Å². The van der Waals surface area contributed by atoms with Crippen LogP contribution in [0.1, 0.15) is 95.1 Å². The molecule has 3 aliphatic rings. The molecule has 0 spiro atoms. The lowest BCUT2D eigenvalue weighted by Crippen LogP contribution is -2.56. The number of hydrogen-bond donors (Lipinski definition) is 2. The van der Waals surface area contributed by atoms with Crippen molar-refractivity contribution in [1.82, 2.24) is 20.2 Å². The van der Waals surface area contributed by atoms with Gasteiger partial charge in [-0.25, -0.2) is 9.78 Å². The van der Waals surface area contributed by atoms with Crippen LogP contribution in [-0.4, -0.2) is 62.6 Å². The van der Waals surface area contributed by atoms with E-state index in [0.29, 0.717) is 23.1 Å². The first-order valence-electron chi connectivity index (χ1n) is 20.5. The lowest BCUT2D eigenvalue weighted by Gasteiger charge is -2.37. The highest BCUT2D eigenvalue weighted by Crippen LogP contribution is 2.41. The van der Waals surface area contributed by atoms with E-state index in [1.54, 1.807) is 26.2 Å². The Hall–Kier alpha value is -6.17. The molecule has 306 valence electrons. The quantitative estimate of drug-likeness (QED) is 0.135. The molecule has 1 fully saturated rings. The second-order valence-corrected chi connectivity index (χ2v) is 16.0. The molecule has 12 heteroatoms. The van der Waals surface area contributed by atoms with Crippen molar-refractivity contribution in [1.29, 1.82) is 0 Å². The summed E-state index contributed by atoms with van der Waals surface area (Å²) in [6.07, 6.45) is 9.40. The first-order chi connectivity index (χ1) is 28.5. The SMILES string of the molecule is CC[C@H]1CC[C@@H](Oc2ccc([C@H]3COc4cc5c(cc4O3)CN(C(=O)c3nc(C)oc3C)[C@H](C(=O)N[C@@H](Cc3ccc(-c4ccncc4C)cc3)C(=O)O)C5)cc2)CC1. The zero-order valence-electron chi connectivity index (χ0n) is 33.9. The molecule has 0 unspecified atom stereocenters. The van der Waals surface area contributed by atoms with Crippen molar-refractivity contribution >= 4 is 17.8 Å². The molecule has 4 heterocycles. The largest absolute Gasteiger partial charge is 0.490 e. The van der Waals surface area contributed by atoms with Crippen molar-refractivity contribution in [2.75, 3.05) is 6.61 Å². The number of amides is 2.